The first kappa shape index (κ1) is 21.6. The smallest absolute Gasteiger partial charge is 0.244 e. The standard InChI is InChI=1S/C20H21FN4O4S2/c1-12-18(11-17(30-12)19-22-13(2)29-24-19)31(27,28)25-9-7-14(8-10-25)20(26)23-16-5-3-15(21)4-6-16/h3-6,11,14H,7-10H2,1-2H3,(H,23,26). The molecule has 0 bridgehead atoms. The average molecular weight is 465 g/mol. The number of hydrogen-bond donors (Lipinski definition) is 1. The molecule has 1 aliphatic heterocycles. The molecule has 11 heteroatoms. The zero-order valence-corrected chi connectivity index (χ0v) is 18.6. The molecule has 1 saturated heterocycles. The fraction of sp³-hybridized carbons (Fsp3) is 0.350. The van der Waals surface area contributed by atoms with Gasteiger partial charge in [0.1, 0.15) is 5.82 Å². The highest BCUT2D eigenvalue weighted by Gasteiger charge is 2.34. The van der Waals surface area contributed by atoms with E-state index < -0.39 is 10.0 Å². The summed E-state index contributed by atoms with van der Waals surface area (Å²) < 4.78 is 45.8. The van der Waals surface area contributed by atoms with Gasteiger partial charge in [-0.3, -0.25) is 4.79 Å². The van der Waals surface area contributed by atoms with Gasteiger partial charge in [0.25, 0.3) is 0 Å². The minimum absolute atomic E-state index is 0.190. The normalized spacial score (nSPS) is 15.8. The number of rotatable bonds is 5. The van der Waals surface area contributed by atoms with Crippen LogP contribution in [-0.2, 0) is 14.8 Å². The van der Waals surface area contributed by atoms with Gasteiger partial charge in [-0.05, 0) is 50.1 Å². The second-order valence-corrected chi connectivity index (χ2v) is 10.5. The van der Waals surface area contributed by atoms with Gasteiger partial charge in [-0.15, -0.1) is 11.3 Å². The second-order valence-electron chi connectivity index (χ2n) is 7.34. The Labute approximate surface area is 183 Å². The highest BCUT2D eigenvalue weighted by molar-refractivity contribution is 7.89. The number of anilines is 1. The lowest BCUT2D eigenvalue weighted by molar-refractivity contribution is -0.120. The van der Waals surface area contributed by atoms with E-state index in [1.165, 1.54) is 39.9 Å². The van der Waals surface area contributed by atoms with Crippen LogP contribution >= 0.6 is 11.3 Å². The summed E-state index contributed by atoms with van der Waals surface area (Å²) in [5.74, 6) is -0.101. The Kier molecular flexibility index (Phi) is 5.91. The molecule has 31 heavy (non-hydrogen) atoms. The van der Waals surface area contributed by atoms with Gasteiger partial charge in [0.05, 0.1) is 9.77 Å². The van der Waals surface area contributed by atoms with Crippen LogP contribution in [0.5, 0.6) is 0 Å². The number of halogens is 1. The summed E-state index contributed by atoms with van der Waals surface area (Å²) in [6.45, 7) is 3.91. The van der Waals surface area contributed by atoms with E-state index in [4.69, 9.17) is 4.52 Å². The lowest BCUT2D eigenvalue weighted by Crippen LogP contribution is -2.41. The lowest BCUT2D eigenvalue weighted by atomic mass is 9.97. The van der Waals surface area contributed by atoms with Crippen LogP contribution in [0.3, 0.4) is 0 Å². The monoisotopic (exact) mass is 464 g/mol. The molecule has 8 nitrogen and oxygen atoms in total. The molecular weight excluding hydrogens is 443 g/mol. The number of aryl methyl sites for hydroxylation is 2. The van der Waals surface area contributed by atoms with Crippen LogP contribution in [0.1, 0.15) is 23.6 Å². The van der Waals surface area contributed by atoms with Crippen molar-refractivity contribution in [3.8, 4) is 10.7 Å². The molecule has 0 atom stereocenters. The Balaban J connectivity index is 1.42. The summed E-state index contributed by atoms with van der Waals surface area (Å²) in [7, 11) is -3.70. The highest BCUT2D eigenvalue weighted by Crippen LogP contribution is 2.35. The number of carbonyl (C=O) groups excluding carboxylic acids is 1. The number of nitrogens with one attached hydrogen (secondary N) is 1. The van der Waals surface area contributed by atoms with Crippen LogP contribution in [0.15, 0.2) is 39.8 Å². The average Bonchev–Trinajstić information content (AvgIpc) is 3.35. The number of thiophene rings is 1. The molecule has 0 aliphatic carbocycles. The Morgan fingerprint density at radius 1 is 1.23 bits per heavy atom. The molecule has 1 aliphatic rings. The van der Waals surface area contributed by atoms with E-state index in [9.17, 15) is 17.6 Å². The first-order chi connectivity index (χ1) is 14.7. The van der Waals surface area contributed by atoms with Gasteiger partial charge >= 0.3 is 0 Å². The minimum Gasteiger partial charge on any atom is -0.339 e. The third kappa shape index (κ3) is 4.53. The van der Waals surface area contributed by atoms with E-state index in [-0.39, 0.29) is 35.6 Å². The van der Waals surface area contributed by atoms with Gasteiger partial charge in [0, 0.05) is 36.5 Å². The van der Waals surface area contributed by atoms with Gasteiger partial charge in [-0.25, -0.2) is 12.8 Å². The Morgan fingerprint density at radius 2 is 1.90 bits per heavy atom. The topological polar surface area (TPSA) is 105 Å². The summed E-state index contributed by atoms with van der Waals surface area (Å²) >= 11 is 1.30. The summed E-state index contributed by atoms with van der Waals surface area (Å²) in [5, 5.41) is 6.62. The first-order valence-electron chi connectivity index (χ1n) is 9.72. The van der Waals surface area contributed by atoms with Crippen molar-refractivity contribution in [2.75, 3.05) is 18.4 Å². The van der Waals surface area contributed by atoms with Crippen molar-refractivity contribution in [2.24, 2.45) is 5.92 Å². The fourth-order valence-electron chi connectivity index (χ4n) is 3.51. The predicted octanol–water partition coefficient (Wildman–Crippen LogP) is 3.59. The quantitative estimate of drug-likeness (QED) is 0.619. The van der Waals surface area contributed by atoms with Gasteiger partial charge in [0.2, 0.25) is 27.6 Å². The van der Waals surface area contributed by atoms with Gasteiger partial charge in [-0.1, -0.05) is 5.16 Å². The van der Waals surface area contributed by atoms with Crippen molar-refractivity contribution in [3.05, 3.63) is 46.9 Å². The van der Waals surface area contributed by atoms with Crippen molar-refractivity contribution in [1.82, 2.24) is 14.4 Å². The van der Waals surface area contributed by atoms with E-state index >= 15 is 0 Å². The van der Waals surface area contributed by atoms with Crippen LogP contribution < -0.4 is 5.32 Å². The highest BCUT2D eigenvalue weighted by atomic mass is 32.2. The van der Waals surface area contributed by atoms with E-state index in [0.29, 0.717) is 40.0 Å². The number of benzene rings is 1. The van der Waals surface area contributed by atoms with Gasteiger partial charge in [0.15, 0.2) is 0 Å². The van der Waals surface area contributed by atoms with Crippen LogP contribution in [0.25, 0.3) is 10.7 Å². The number of carbonyl (C=O) groups is 1. The summed E-state index contributed by atoms with van der Waals surface area (Å²) in [6.07, 6.45) is 0.818. The molecule has 164 valence electrons. The molecule has 1 N–H and O–H groups in total. The third-order valence-electron chi connectivity index (χ3n) is 5.17. The van der Waals surface area contributed by atoms with Gasteiger partial charge in [-0.2, -0.15) is 9.29 Å². The zero-order valence-electron chi connectivity index (χ0n) is 17.0. The number of hydrogen-bond acceptors (Lipinski definition) is 7. The fourth-order valence-corrected chi connectivity index (χ4v) is 6.46. The van der Waals surface area contributed by atoms with E-state index in [1.807, 2.05) is 0 Å². The molecule has 0 radical (unpaired) electrons. The molecule has 4 rings (SSSR count). The third-order valence-corrected chi connectivity index (χ3v) is 8.37. The predicted molar refractivity (Wildman–Crippen MR) is 114 cm³/mol. The van der Waals surface area contributed by atoms with Crippen molar-refractivity contribution < 1.29 is 22.1 Å². The van der Waals surface area contributed by atoms with Crippen LogP contribution in [0, 0.1) is 25.6 Å². The number of sulfonamides is 1. The van der Waals surface area contributed by atoms with Crippen molar-refractivity contribution in [2.45, 2.75) is 31.6 Å². The summed E-state index contributed by atoms with van der Waals surface area (Å²) in [4.78, 5) is 18.2. The molecule has 1 fully saturated rings. The van der Waals surface area contributed by atoms with Crippen molar-refractivity contribution in [3.63, 3.8) is 0 Å². The number of aromatic nitrogens is 2. The maximum atomic E-state index is 13.2. The SMILES string of the molecule is Cc1nc(-c2cc(S(=O)(=O)N3CCC(C(=O)Nc4ccc(F)cc4)CC3)c(C)s2)no1. The molecule has 0 unspecified atom stereocenters. The first-order valence-corrected chi connectivity index (χ1v) is 12.0. The number of nitrogens with zero attached hydrogens (tertiary/aromatic N) is 3. The summed E-state index contributed by atoms with van der Waals surface area (Å²) in [6, 6.07) is 7.12. The molecular formula is C20H21FN4O4S2. The molecule has 1 aromatic carbocycles. The van der Waals surface area contributed by atoms with Crippen LogP contribution in [0.4, 0.5) is 10.1 Å². The number of amides is 1. The molecule has 0 saturated carbocycles. The maximum absolute atomic E-state index is 13.2. The maximum Gasteiger partial charge on any atom is 0.244 e. The van der Waals surface area contributed by atoms with Crippen LogP contribution in [0.2, 0.25) is 0 Å². The molecule has 3 heterocycles. The van der Waals surface area contributed by atoms with Crippen molar-refractivity contribution in [1.29, 1.82) is 0 Å². The van der Waals surface area contributed by atoms with Crippen LogP contribution in [-0.4, -0.2) is 41.9 Å². The number of piperidine rings is 1. The molecule has 2 aromatic heterocycles. The second kappa shape index (κ2) is 8.48. The lowest BCUT2D eigenvalue weighted by Gasteiger charge is -2.30. The Bertz CT molecular complexity index is 1200. The molecule has 0 spiro atoms. The van der Waals surface area contributed by atoms with Crippen molar-refractivity contribution >= 4 is 33.0 Å². The minimum atomic E-state index is -3.70. The molecule has 3 aromatic rings. The van der Waals surface area contributed by atoms with E-state index in [0.717, 1.165) is 0 Å². The Morgan fingerprint density at radius 3 is 2.52 bits per heavy atom. The zero-order chi connectivity index (χ0) is 22.2. The van der Waals surface area contributed by atoms with E-state index in [2.05, 4.69) is 15.5 Å². The molecule has 1 amide bonds. The van der Waals surface area contributed by atoms with E-state index in [1.54, 1.807) is 19.9 Å². The van der Waals surface area contributed by atoms with Gasteiger partial charge < -0.3 is 9.84 Å². The summed E-state index contributed by atoms with van der Waals surface area (Å²) in [5.41, 5.74) is 0.514. The largest absolute Gasteiger partial charge is 0.339 e. The Hall–Kier alpha value is -2.63.